The second-order valence-corrected chi connectivity index (χ2v) is 2.55. The number of H-pyrrole nitrogens is 1. The summed E-state index contributed by atoms with van der Waals surface area (Å²) >= 11 is 0. The molecule has 6 heteroatoms. The van der Waals surface area contributed by atoms with E-state index in [1.165, 1.54) is 17.2 Å². The monoisotopic (exact) mass is 187 g/mol. The summed E-state index contributed by atoms with van der Waals surface area (Å²) in [5.74, 6) is 0.513. The Morgan fingerprint density at radius 1 is 1.43 bits per heavy atom. The van der Waals surface area contributed by atoms with E-state index in [9.17, 15) is 4.79 Å². The molecule has 2 heterocycles. The van der Waals surface area contributed by atoms with Crippen LogP contribution in [0.4, 0.5) is 0 Å². The van der Waals surface area contributed by atoms with E-state index in [-0.39, 0.29) is 0 Å². The van der Waals surface area contributed by atoms with Crippen molar-refractivity contribution in [1.29, 1.82) is 5.26 Å². The summed E-state index contributed by atoms with van der Waals surface area (Å²) in [5, 5.41) is 11.0. The molecular formula is C8H5N5O. The molecule has 0 atom stereocenters. The average Bonchev–Trinajstić information content (AvgIpc) is 2.65. The van der Waals surface area contributed by atoms with Crippen LogP contribution in [0, 0.1) is 11.3 Å². The van der Waals surface area contributed by atoms with Crippen molar-refractivity contribution in [2.75, 3.05) is 0 Å². The topological polar surface area (TPSA) is 87.4 Å². The molecule has 0 radical (unpaired) electrons. The van der Waals surface area contributed by atoms with Crippen LogP contribution in [-0.2, 0) is 0 Å². The molecule has 0 unspecified atom stereocenters. The third kappa shape index (κ3) is 1.38. The van der Waals surface area contributed by atoms with Crippen molar-refractivity contribution in [2.24, 2.45) is 0 Å². The number of aromatic nitrogens is 4. The van der Waals surface area contributed by atoms with Gasteiger partial charge in [0.15, 0.2) is 5.82 Å². The molecule has 0 spiro atoms. The Kier molecular flexibility index (Phi) is 1.84. The Bertz CT molecular complexity index is 530. The van der Waals surface area contributed by atoms with E-state index in [2.05, 4.69) is 15.1 Å². The Labute approximate surface area is 78.5 Å². The Morgan fingerprint density at radius 3 is 2.79 bits per heavy atom. The number of aromatic amines is 1. The fourth-order valence-electron chi connectivity index (χ4n) is 0.982. The smallest absolute Gasteiger partial charge is 0.244 e. The van der Waals surface area contributed by atoms with Gasteiger partial charge < -0.3 is 0 Å². The van der Waals surface area contributed by atoms with Crippen LogP contribution in [0.25, 0.3) is 5.82 Å². The lowest BCUT2D eigenvalue weighted by atomic mass is 10.3. The predicted molar refractivity (Wildman–Crippen MR) is 46.7 cm³/mol. The van der Waals surface area contributed by atoms with E-state index in [1.807, 2.05) is 6.07 Å². The molecule has 68 valence electrons. The first-order chi connectivity index (χ1) is 6.79. The van der Waals surface area contributed by atoms with Crippen molar-refractivity contribution < 1.29 is 0 Å². The first kappa shape index (κ1) is 8.19. The second kappa shape index (κ2) is 3.14. The SMILES string of the molecule is N#Cc1ccc(-n2cnc(=O)[nH]2)nc1. The largest absolute Gasteiger partial charge is 0.361 e. The van der Waals surface area contributed by atoms with Crippen LogP contribution in [0.1, 0.15) is 5.56 Å². The highest BCUT2D eigenvalue weighted by atomic mass is 16.1. The van der Waals surface area contributed by atoms with Crippen molar-refractivity contribution in [1.82, 2.24) is 19.7 Å². The molecule has 0 amide bonds. The molecule has 0 fully saturated rings. The first-order valence-corrected chi connectivity index (χ1v) is 3.80. The number of rotatable bonds is 1. The number of hydrogen-bond donors (Lipinski definition) is 1. The minimum atomic E-state index is -0.434. The van der Waals surface area contributed by atoms with Crippen molar-refractivity contribution in [3.63, 3.8) is 0 Å². The zero-order valence-electron chi connectivity index (χ0n) is 7.01. The van der Waals surface area contributed by atoms with Crippen LogP contribution in [-0.4, -0.2) is 19.7 Å². The minimum Gasteiger partial charge on any atom is -0.244 e. The van der Waals surface area contributed by atoms with Crippen LogP contribution in [0.2, 0.25) is 0 Å². The third-order valence-corrected chi connectivity index (χ3v) is 1.63. The van der Waals surface area contributed by atoms with Gasteiger partial charge in [-0.15, -0.1) is 0 Å². The van der Waals surface area contributed by atoms with Crippen molar-refractivity contribution in [2.45, 2.75) is 0 Å². The standard InChI is InChI=1S/C8H5N5O/c9-3-6-1-2-7(10-4-6)13-5-11-8(14)12-13/h1-2,4-5H,(H,12,14). The quantitative estimate of drug-likeness (QED) is 0.671. The Hall–Kier alpha value is -2.42. The van der Waals surface area contributed by atoms with Gasteiger partial charge in [-0.1, -0.05) is 0 Å². The predicted octanol–water partition coefficient (Wildman–Crippen LogP) is -0.173. The van der Waals surface area contributed by atoms with Crippen molar-refractivity contribution >= 4 is 0 Å². The van der Waals surface area contributed by atoms with Crippen LogP contribution >= 0.6 is 0 Å². The maximum atomic E-state index is 10.7. The van der Waals surface area contributed by atoms with Crippen LogP contribution in [0.15, 0.2) is 29.5 Å². The average molecular weight is 187 g/mol. The van der Waals surface area contributed by atoms with Gasteiger partial charge in [0.1, 0.15) is 12.4 Å². The molecule has 6 nitrogen and oxygen atoms in total. The number of nitrogens with one attached hydrogen (secondary N) is 1. The van der Waals surface area contributed by atoms with Gasteiger partial charge in [-0.25, -0.2) is 19.6 Å². The summed E-state index contributed by atoms with van der Waals surface area (Å²) in [7, 11) is 0. The summed E-state index contributed by atoms with van der Waals surface area (Å²) in [5.41, 5.74) is 0.0346. The van der Waals surface area contributed by atoms with Gasteiger partial charge in [0.2, 0.25) is 0 Å². The van der Waals surface area contributed by atoms with Gasteiger partial charge in [0, 0.05) is 6.20 Å². The molecule has 14 heavy (non-hydrogen) atoms. The molecule has 2 aromatic rings. The number of hydrogen-bond acceptors (Lipinski definition) is 4. The van der Waals surface area contributed by atoms with E-state index in [1.54, 1.807) is 12.1 Å². The highest BCUT2D eigenvalue weighted by Crippen LogP contribution is 2.01. The normalized spacial score (nSPS) is 9.64. The molecule has 0 aliphatic heterocycles. The highest BCUT2D eigenvalue weighted by molar-refractivity contribution is 5.30. The summed E-state index contributed by atoms with van der Waals surface area (Å²) in [6.45, 7) is 0. The lowest BCUT2D eigenvalue weighted by molar-refractivity contribution is 0.833. The highest BCUT2D eigenvalue weighted by Gasteiger charge is 1.98. The van der Waals surface area contributed by atoms with Crippen LogP contribution < -0.4 is 5.69 Å². The molecule has 0 saturated carbocycles. The van der Waals surface area contributed by atoms with Crippen molar-refractivity contribution in [3.05, 3.63) is 40.7 Å². The summed E-state index contributed by atoms with van der Waals surface area (Å²) in [6, 6.07) is 5.18. The molecule has 0 aromatic carbocycles. The summed E-state index contributed by atoms with van der Waals surface area (Å²) in [4.78, 5) is 18.2. The fraction of sp³-hybridized carbons (Fsp3) is 0. The lowest BCUT2D eigenvalue weighted by Crippen LogP contribution is -2.06. The van der Waals surface area contributed by atoms with Gasteiger partial charge in [0.25, 0.3) is 0 Å². The Morgan fingerprint density at radius 2 is 2.29 bits per heavy atom. The second-order valence-electron chi connectivity index (χ2n) is 2.55. The van der Waals surface area contributed by atoms with Gasteiger partial charge >= 0.3 is 5.69 Å². The summed E-state index contributed by atoms with van der Waals surface area (Å²) < 4.78 is 1.38. The number of pyridine rings is 1. The maximum absolute atomic E-state index is 10.7. The number of nitrogens with zero attached hydrogens (tertiary/aromatic N) is 4. The molecule has 2 aromatic heterocycles. The molecule has 0 aliphatic rings. The van der Waals surface area contributed by atoms with E-state index in [0.717, 1.165) is 0 Å². The molecule has 0 bridgehead atoms. The number of nitriles is 1. The van der Waals surface area contributed by atoms with Gasteiger partial charge in [0.05, 0.1) is 5.56 Å². The van der Waals surface area contributed by atoms with E-state index in [0.29, 0.717) is 11.4 Å². The van der Waals surface area contributed by atoms with E-state index >= 15 is 0 Å². The minimum absolute atomic E-state index is 0.434. The zero-order valence-corrected chi connectivity index (χ0v) is 7.01. The maximum Gasteiger partial charge on any atom is 0.361 e. The van der Waals surface area contributed by atoms with E-state index in [4.69, 9.17) is 5.26 Å². The van der Waals surface area contributed by atoms with Gasteiger partial charge in [-0.2, -0.15) is 10.2 Å². The molecule has 0 aliphatic carbocycles. The lowest BCUT2D eigenvalue weighted by Gasteiger charge is -1.98. The molecule has 2 rings (SSSR count). The summed E-state index contributed by atoms with van der Waals surface area (Å²) in [6.07, 6.45) is 2.75. The van der Waals surface area contributed by atoms with E-state index < -0.39 is 5.69 Å². The molecular weight excluding hydrogens is 182 g/mol. The zero-order chi connectivity index (χ0) is 9.97. The van der Waals surface area contributed by atoms with Gasteiger partial charge in [-0.3, -0.25) is 0 Å². The first-order valence-electron chi connectivity index (χ1n) is 3.80. The molecule has 0 saturated heterocycles. The fourth-order valence-corrected chi connectivity index (χ4v) is 0.982. The van der Waals surface area contributed by atoms with Crippen LogP contribution in [0.5, 0.6) is 0 Å². The molecule has 1 N–H and O–H groups in total. The third-order valence-electron chi connectivity index (χ3n) is 1.63. The Balaban J connectivity index is 2.44. The van der Waals surface area contributed by atoms with Crippen LogP contribution in [0.3, 0.4) is 0 Å². The van der Waals surface area contributed by atoms with Crippen molar-refractivity contribution in [3.8, 4) is 11.9 Å². The van der Waals surface area contributed by atoms with Gasteiger partial charge in [-0.05, 0) is 12.1 Å².